The topological polar surface area (TPSA) is 45.2 Å². The maximum atomic E-state index is 11.5. The van der Waals surface area contributed by atoms with Gasteiger partial charge in [-0.25, -0.2) is 0 Å². The lowest BCUT2D eigenvalue weighted by atomic mass is 10.1. The number of fused-ring (bicyclic) bond motifs is 1. The third-order valence-electron chi connectivity index (χ3n) is 3.31. The molecule has 5 heteroatoms. The van der Waals surface area contributed by atoms with E-state index >= 15 is 0 Å². The number of hydrogen-bond donors (Lipinski definition) is 1. The van der Waals surface area contributed by atoms with Crippen molar-refractivity contribution >= 4 is 28.6 Å². The third kappa shape index (κ3) is 2.46. The molecule has 1 aliphatic rings. The first-order valence-corrected chi connectivity index (χ1v) is 7.14. The van der Waals surface area contributed by atoms with Gasteiger partial charge in [-0.05, 0) is 30.2 Å². The first kappa shape index (κ1) is 12.2. The van der Waals surface area contributed by atoms with Crippen molar-refractivity contribution in [3.05, 3.63) is 40.3 Å². The van der Waals surface area contributed by atoms with E-state index in [1.807, 2.05) is 28.7 Å². The molecule has 0 fully saturated rings. The Morgan fingerprint density at radius 2 is 2.42 bits per heavy atom. The van der Waals surface area contributed by atoms with E-state index in [4.69, 9.17) is 0 Å². The predicted molar refractivity (Wildman–Crippen MR) is 77.6 cm³/mol. The molecule has 98 valence electrons. The van der Waals surface area contributed by atoms with Crippen molar-refractivity contribution < 1.29 is 4.79 Å². The van der Waals surface area contributed by atoms with E-state index in [1.54, 1.807) is 18.3 Å². The van der Waals surface area contributed by atoms with Gasteiger partial charge in [-0.3, -0.25) is 9.78 Å². The maximum absolute atomic E-state index is 11.5. The molecule has 0 saturated heterocycles. The average Bonchev–Trinajstić information content (AvgIpc) is 3.05. The van der Waals surface area contributed by atoms with Crippen LogP contribution >= 0.6 is 11.3 Å². The zero-order valence-electron chi connectivity index (χ0n) is 10.7. The summed E-state index contributed by atoms with van der Waals surface area (Å²) >= 11 is 1.65. The fraction of sp³-hybridized carbons (Fsp3) is 0.286. The van der Waals surface area contributed by atoms with E-state index in [0.717, 1.165) is 30.9 Å². The summed E-state index contributed by atoms with van der Waals surface area (Å²) in [7, 11) is 0. The number of nitrogens with zero attached hydrogens (tertiary/aromatic N) is 2. The third-order valence-corrected chi connectivity index (χ3v) is 4.08. The Kier molecular flexibility index (Phi) is 3.21. The summed E-state index contributed by atoms with van der Waals surface area (Å²) in [5, 5.41) is 3.39. The number of aromatic nitrogens is 1. The number of thiazole rings is 1. The number of nitrogens with one attached hydrogen (secondary N) is 1. The second-order valence-corrected chi connectivity index (χ2v) is 5.56. The lowest BCUT2D eigenvalue weighted by Crippen LogP contribution is -2.25. The Morgan fingerprint density at radius 3 is 3.16 bits per heavy atom. The number of rotatable bonds is 3. The zero-order valence-corrected chi connectivity index (χ0v) is 11.5. The number of benzene rings is 1. The van der Waals surface area contributed by atoms with Crippen LogP contribution in [0, 0.1) is 0 Å². The van der Waals surface area contributed by atoms with Gasteiger partial charge in [0.15, 0.2) is 0 Å². The summed E-state index contributed by atoms with van der Waals surface area (Å²) in [6, 6.07) is 6.19. The molecule has 2 aromatic rings. The normalized spacial score (nSPS) is 13.4. The lowest BCUT2D eigenvalue weighted by Gasteiger charge is -2.15. The highest BCUT2D eigenvalue weighted by Gasteiger charge is 2.21. The standard InChI is InChI=1S/C14H15N3OS/c1-10(18)17-5-4-11-6-12(2-3-14(11)17)16-8-13-7-15-9-19-13/h2-3,6-7,9,16H,4-5,8H2,1H3. The Morgan fingerprint density at radius 1 is 1.53 bits per heavy atom. The predicted octanol–water partition coefficient (Wildman–Crippen LogP) is 2.66. The Hall–Kier alpha value is -1.88. The van der Waals surface area contributed by atoms with Gasteiger partial charge in [0, 0.05) is 35.9 Å². The molecule has 0 radical (unpaired) electrons. The Labute approximate surface area is 116 Å². The molecular formula is C14H15N3OS. The molecule has 0 spiro atoms. The second-order valence-electron chi connectivity index (χ2n) is 4.59. The fourth-order valence-electron chi connectivity index (χ4n) is 2.36. The van der Waals surface area contributed by atoms with E-state index in [1.165, 1.54) is 10.4 Å². The van der Waals surface area contributed by atoms with E-state index in [-0.39, 0.29) is 5.91 Å². The number of carbonyl (C=O) groups is 1. The molecule has 0 saturated carbocycles. The van der Waals surface area contributed by atoms with Crippen LogP contribution in [0.2, 0.25) is 0 Å². The molecule has 3 rings (SSSR count). The van der Waals surface area contributed by atoms with Crippen molar-refractivity contribution in [3.63, 3.8) is 0 Å². The summed E-state index contributed by atoms with van der Waals surface area (Å²) in [4.78, 5) is 18.6. The van der Waals surface area contributed by atoms with Gasteiger partial charge < -0.3 is 10.2 Å². The van der Waals surface area contributed by atoms with Gasteiger partial charge in [0.25, 0.3) is 0 Å². The highest BCUT2D eigenvalue weighted by Crippen LogP contribution is 2.30. The van der Waals surface area contributed by atoms with Gasteiger partial charge in [-0.2, -0.15) is 0 Å². The molecule has 1 aromatic heterocycles. The Balaban J connectivity index is 1.74. The van der Waals surface area contributed by atoms with Gasteiger partial charge >= 0.3 is 0 Å². The van der Waals surface area contributed by atoms with Crippen LogP contribution in [0.4, 0.5) is 11.4 Å². The fourth-order valence-corrected chi connectivity index (χ4v) is 2.89. The van der Waals surface area contributed by atoms with Crippen LogP contribution in [-0.2, 0) is 17.8 Å². The van der Waals surface area contributed by atoms with Gasteiger partial charge in [0.1, 0.15) is 0 Å². The first-order chi connectivity index (χ1) is 9.24. The smallest absolute Gasteiger partial charge is 0.223 e. The minimum atomic E-state index is 0.115. The van der Waals surface area contributed by atoms with E-state index in [0.29, 0.717) is 0 Å². The molecule has 1 N–H and O–H groups in total. The van der Waals surface area contributed by atoms with Crippen molar-refractivity contribution in [2.45, 2.75) is 19.9 Å². The largest absolute Gasteiger partial charge is 0.380 e. The lowest BCUT2D eigenvalue weighted by molar-refractivity contribution is -0.116. The van der Waals surface area contributed by atoms with Gasteiger partial charge in [-0.15, -0.1) is 11.3 Å². The maximum Gasteiger partial charge on any atom is 0.223 e. The first-order valence-electron chi connectivity index (χ1n) is 6.26. The van der Waals surface area contributed by atoms with Crippen LogP contribution in [-0.4, -0.2) is 17.4 Å². The monoisotopic (exact) mass is 273 g/mol. The summed E-state index contributed by atoms with van der Waals surface area (Å²) in [6.45, 7) is 3.20. The number of carbonyl (C=O) groups excluding carboxylic acids is 1. The van der Waals surface area contributed by atoms with Crippen molar-refractivity contribution in [2.75, 3.05) is 16.8 Å². The average molecular weight is 273 g/mol. The molecule has 2 heterocycles. The quantitative estimate of drug-likeness (QED) is 0.935. The second kappa shape index (κ2) is 5.01. The minimum Gasteiger partial charge on any atom is -0.380 e. The van der Waals surface area contributed by atoms with Crippen molar-refractivity contribution in [1.29, 1.82) is 0 Å². The molecule has 0 bridgehead atoms. The minimum absolute atomic E-state index is 0.115. The summed E-state index contributed by atoms with van der Waals surface area (Å²) in [5.41, 5.74) is 5.22. The van der Waals surface area contributed by atoms with Crippen LogP contribution in [0.1, 0.15) is 17.4 Å². The van der Waals surface area contributed by atoms with Crippen LogP contribution in [0.15, 0.2) is 29.9 Å². The van der Waals surface area contributed by atoms with E-state index in [9.17, 15) is 4.79 Å². The SMILES string of the molecule is CC(=O)N1CCc2cc(NCc3cncs3)ccc21. The summed E-state index contributed by atoms with van der Waals surface area (Å²) in [5.74, 6) is 0.115. The number of anilines is 2. The zero-order chi connectivity index (χ0) is 13.2. The highest BCUT2D eigenvalue weighted by molar-refractivity contribution is 7.09. The van der Waals surface area contributed by atoms with Gasteiger partial charge in [0.2, 0.25) is 5.91 Å². The molecular weight excluding hydrogens is 258 g/mol. The highest BCUT2D eigenvalue weighted by atomic mass is 32.1. The van der Waals surface area contributed by atoms with Crippen LogP contribution in [0.25, 0.3) is 0 Å². The molecule has 1 aliphatic heterocycles. The molecule has 19 heavy (non-hydrogen) atoms. The van der Waals surface area contributed by atoms with Crippen molar-refractivity contribution in [1.82, 2.24) is 4.98 Å². The number of amides is 1. The van der Waals surface area contributed by atoms with Gasteiger partial charge in [0.05, 0.1) is 12.1 Å². The van der Waals surface area contributed by atoms with Crippen molar-refractivity contribution in [3.8, 4) is 0 Å². The molecule has 4 nitrogen and oxygen atoms in total. The van der Waals surface area contributed by atoms with Crippen LogP contribution in [0.5, 0.6) is 0 Å². The summed E-state index contributed by atoms with van der Waals surface area (Å²) < 4.78 is 0. The summed E-state index contributed by atoms with van der Waals surface area (Å²) in [6.07, 6.45) is 2.81. The molecule has 0 unspecified atom stereocenters. The Bertz CT molecular complexity index is 595. The number of hydrogen-bond acceptors (Lipinski definition) is 4. The van der Waals surface area contributed by atoms with E-state index in [2.05, 4.69) is 16.4 Å². The molecule has 1 amide bonds. The van der Waals surface area contributed by atoms with Crippen LogP contribution < -0.4 is 10.2 Å². The molecule has 1 aromatic carbocycles. The van der Waals surface area contributed by atoms with Gasteiger partial charge in [-0.1, -0.05) is 0 Å². The molecule has 0 aliphatic carbocycles. The van der Waals surface area contributed by atoms with Crippen molar-refractivity contribution in [2.24, 2.45) is 0 Å². The molecule has 0 atom stereocenters. The van der Waals surface area contributed by atoms with E-state index < -0.39 is 0 Å². The van der Waals surface area contributed by atoms with Crippen LogP contribution in [0.3, 0.4) is 0 Å².